The number of carboxylic acid groups (broad SMARTS) is 1. The number of esters is 2. The molecule has 0 spiro atoms. The average Bonchev–Trinajstić information content (AvgIpc) is 3.32. The first-order valence-corrected chi connectivity index (χ1v) is 19.8. The Bertz CT molecular complexity index is 1610. The van der Waals surface area contributed by atoms with Crippen LogP contribution in [-0.2, 0) is 28.7 Å². The van der Waals surface area contributed by atoms with Gasteiger partial charge in [-0.15, -0.1) is 0 Å². The first-order chi connectivity index (χ1) is 25.6. The first-order valence-electron chi connectivity index (χ1n) is 19.8. The molecule has 300 valence electrons. The number of hydrogen-bond acceptors (Lipinski definition) is 10. The highest BCUT2D eigenvalue weighted by Gasteiger charge is 2.71. The number of nitrogens with two attached hydrogens (primary N) is 2. The molecule has 0 saturated heterocycles. The molecule has 10 atom stereocenters. The van der Waals surface area contributed by atoms with Crippen LogP contribution in [0.15, 0.2) is 32.4 Å². The number of guanidine groups is 1. The highest BCUT2D eigenvalue weighted by atomic mass is 16.5. The summed E-state index contributed by atoms with van der Waals surface area (Å²) in [5.41, 5.74) is 8.33. The molecular weight excluding hydrogens is 696 g/mol. The van der Waals surface area contributed by atoms with Gasteiger partial charge in [0.15, 0.2) is 5.96 Å². The van der Waals surface area contributed by atoms with Crippen LogP contribution in [-0.4, -0.2) is 70.4 Å². The zero-order valence-corrected chi connectivity index (χ0v) is 32.1. The van der Waals surface area contributed by atoms with E-state index in [4.69, 9.17) is 25.4 Å². The maximum Gasteiger partial charge on any atom is 0.335 e. The molecule has 4 aliphatic rings. The summed E-state index contributed by atoms with van der Waals surface area (Å²) in [4.78, 5) is 65.0. The second kappa shape index (κ2) is 17.2. The number of ether oxygens (including phenoxy) is 2. The molecule has 0 aromatic carbocycles. The zero-order chi connectivity index (χ0) is 39.3. The predicted octanol–water partition coefficient (Wildman–Crippen LogP) is 4.30. The summed E-state index contributed by atoms with van der Waals surface area (Å²) in [5, 5.41) is 24.7. The molecule has 4 aliphatic carbocycles. The maximum absolute atomic E-state index is 12.9. The van der Waals surface area contributed by atoms with Gasteiger partial charge in [-0.05, 0) is 99.9 Å². The highest BCUT2D eigenvalue weighted by molar-refractivity contribution is 5.83. The summed E-state index contributed by atoms with van der Waals surface area (Å²) in [6.45, 7) is 6.09. The topological polar surface area (TPSA) is 234 Å². The van der Waals surface area contributed by atoms with Crippen LogP contribution >= 0.6 is 0 Å². The minimum atomic E-state index is -1.10. The monoisotopic (exact) mass is 756 g/mol. The van der Waals surface area contributed by atoms with Crippen LogP contribution in [0, 0.1) is 28.6 Å². The van der Waals surface area contributed by atoms with E-state index in [1.807, 2.05) is 0 Å². The van der Waals surface area contributed by atoms with E-state index in [9.17, 15) is 34.2 Å². The molecule has 1 aromatic rings. The third-order valence-electron chi connectivity index (χ3n) is 13.5. The zero-order valence-electron chi connectivity index (χ0n) is 32.1. The Kier molecular flexibility index (Phi) is 13.2. The number of aliphatic carboxylic acids is 1. The number of amides is 1. The molecule has 7 N–H and O–H groups in total. The summed E-state index contributed by atoms with van der Waals surface area (Å²) in [6.07, 6.45) is 9.30. The highest BCUT2D eigenvalue weighted by Crippen LogP contribution is 2.71. The number of nitrogens with zero attached hydrogens (tertiary/aromatic N) is 1. The van der Waals surface area contributed by atoms with Crippen molar-refractivity contribution >= 4 is 29.8 Å². The van der Waals surface area contributed by atoms with E-state index in [1.54, 1.807) is 12.1 Å². The third kappa shape index (κ3) is 8.95. The normalized spacial score (nSPS) is 33.3. The van der Waals surface area contributed by atoms with Gasteiger partial charge in [-0.1, -0.05) is 32.8 Å². The van der Waals surface area contributed by atoms with Gasteiger partial charge in [-0.25, -0.2) is 9.59 Å². The third-order valence-corrected chi connectivity index (χ3v) is 13.5. The van der Waals surface area contributed by atoms with E-state index in [2.05, 4.69) is 24.2 Å². The average molecular weight is 757 g/mol. The van der Waals surface area contributed by atoms with Crippen molar-refractivity contribution in [3.8, 4) is 0 Å². The number of aliphatic hydroxyl groups is 1. The Morgan fingerprint density at radius 1 is 0.981 bits per heavy atom. The number of rotatable bonds is 16. The molecule has 0 bridgehead atoms. The molecule has 54 heavy (non-hydrogen) atoms. The van der Waals surface area contributed by atoms with E-state index >= 15 is 0 Å². The number of fused-ring (bicyclic) bond motifs is 5. The van der Waals surface area contributed by atoms with Crippen molar-refractivity contribution in [3.63, 3.8) is 0 Å². The van der Waals surface area contributed by atoms with Gasteiger partial charge in [0, 0.05) is 44.2 Å². The lowest BCUT2D eigenvalue weighted by atomic mass is 9.43. The number of carbonyl (C=O) groups is 4. The molecule has 14 nitrogen and oxygen atoms in total. The molecule has 1 aromatic heterocycles. The molecule has 5 rings (SSSR count). The Hall–Kier alpha value is -3.94. The summed E-state index contributed by atoms with van der Waals surface area (Å²) in [7, 11) is 0. The second-order valence-electron chi connectivity index (χ2n) is 16.8. The van der Waals surface area contributed by atoms with Gasteiger partial charge in [-0.3, -0.25) is 19.4 Å². The molecule has 14 heteroatoms. The minimum Gasteiger partial charge on any atom is -0.480 e. The molecule has 0 radical (unpaired) electrons. The largest absolute Gasteiger partial charge is 0.480 e. The summed E-state index contributed by atoms with van der Waals surface area (Å²) >= 11 is 0. The van der Waals surface area contributed by atoms with Gasteiger partial charge in [0.2, 0.25) is 5.91 Å². The lowest BCUT2D eigenvalue weighted by Gasteiger charge is -2.63. The van der Waals surface area contributed by atoms with Crippen molar-refractivity contribution in [3.05, 3.63) is 34.4 Å². The van der Waals surface area contributed by atoms with Gasteiger partial charge in [0.05, 0.1) is 11.5 Å². The van der Waals surface area contributed by atoms with E-state index in [0.717, 1.165) is 51.4 Å². The van der Waals surface area contributed by atoms with Crippen molar-refractivity contribution in [1.29, 1.82) is 0 Å². The number of aliphatic imine (C=N–C) groups is 1. The fourth-order valence-corrected chi connectivity index (χ4v) is 10.9. The number of carbonyl (C=O) groups excluding carboxylic acids is 3. The SMILES string of the molecule is CC(=O)O[C@H]1C[C@]2(O)[C@@H]3CC[C@@H]4C[C@@H](OC(=O)CCCCCCC(=O)N[C@@H](CCCN=C(N)N)C(=O)O)CC[C@]4(C)[C@H]3CC[C@]2(C)[C@H]1c1cccc(=O)o1. The van der Waals surface area contributed by atoms with Crippen LogP contribution in [0.3, 0.4) is 0 Å². The Morgan fingerprint density at radius 3 is 2.41 bits per heavy atom. The van der Waals surface area contributed by atoms with Crippen molar-refractivity contribution in [2.75, 3.05) is 6.54 Å². The number of unbranched alkanes of at least 4 members (excludes halogenated alkanes) is 3. The predicted molar refractivity (Wildman–Crippen MR) is 199 cm³/mol. The Morgan fingerprint density at radius 2 is 1.72 bits per heavy atom. The standard InChI is InChI=1S/C40H60N4O10/c1-24(45)52-31-23-40(51)28-16-15-25-22-26(17-19-38(25,2)27(28)18-20-39(40,3)35(31)30-11-8-14-34(48)54-30)53-33(47)13-7-5-4-6-12-32(46)44-29(36(49)50)10-9-21-43-37(41)42/h8,11,14,25-29,31,35,51H,4-7,9-10,12-13,15-23H2,1-3H3,(H,44,46)(H,49,50)(H4,41,42,43)/t25-,26+,27+,28-,29+,31+,35+,38+,39-,40+/m1/s1. The summed E-state index contributed by atoms with van der Waals surface area (Å²) < 4.78 is 17.5. The summed E-state index contributed by atoms with van der Waals surface area (Å²) in [6, 6.07) is 3.78. The quantitative estimate of drug-likeness (QED) is 0.0688. The minimum absolute atomic E-state index is 0.00161. The van der Waals surface area contributed by atoms with E-state index in [0.29, 0.717) is 56.7 Å². The molecular formula is C40H60N4O10. The van der Waals surface area contributed by atoms with Crippen LogP contribution in [0.4, 0.5) is 0 Å². The van der Waals surface area contributed by atoms with E-state index in [-0.39, 0.29) is 54.0 Å². The number of hydrogen-bond donors (Lipinski definition) is 5. The number of carboxylic acids is 1. The van der Waals surface area contributed by atoms with Crippen LogP contribution in [0.1, 0.15) is 135 Å². The van der Waals surface area contributed by atoms with Crippen molar-refractivity contribution in [2.45, 2.75) is 153 Å². The van der Waals surface area contributed by atoms with Crippen molar-refractivity contribution < 1.29 is 43.3 Å². The van der Waals surface area contributed by atoms with E-state index < -0.39 is 46.6 Å². The lowest BCUT2D eigenvalue weighted by Crippen LogP contribution is -2.62. The van der Waals surface area contributed by atoms with Crippen LogP contribution < -0.4 is 22.4 Å². The molecule has 1 heterocycles. The molecule has 4 fully saturated rings. The number of nitrogens with one attached hydrogen (secondary N) is 1. The fourth-order valence-electron chi connectivity index (χ4n) is 10.9. The molecule has 1 amide bonds. The van der Waals surface area contributed by atoms with Gasteiger partial charge in [-0.2, -0.15) is 0 Å². The smallest absolute Gasteiger partial charge is 0.335 e. The van der Waals surface area contributed by atoms with Crippen molar-refractivity contribution in [1.82, 2.24) is 5.32 Å². The Labute approximate surface area is 317 Å². The van der Waals surface area contributed by atoms with Gasteiger partial charge in [0.25, 0.3) is 0 Å². The van der Waals surface area contributed by atoms with Gasteiger partial charge >= 0.3 is 23.5 Å². The van der Waals surface area contributed by atoms with Gasteiger partial charge < -0.3 is 40.9 Å². The molecule has 0 aliphatic heterocycles. The molecule has 4 saturated carbocycles. The Balaban J connectivity index is 1.07. The molecule has 0 unspecified atom stereocenters. The lowest BCUT2D eigenvalue weighted by molar-refractivity contribution is -0.208. The van der Waals surface area contributed by atoms with Gasteiger partial charge in [0.1, 0.15) is 24.0 Å². The van der Waals surface area contributed by atoms with Crippen LogP contribution in [0.5, 0.6) is 0 Å². The maximum atomic E-state index is 12.9. The summed E-state index contributed by atoms with van der Waals surface area (Å²) in [5.74, 6) is -1.46. The fraction of sp³-hybridized carbons (Fsp3) is 0.750. The van der Waals surface area contributed by atoms with Crippen LogP contribution in [0.2, 0.25) is 0 Å². The van der Waals surface area contributed by atoms with Crippen LogP contribution in [0.25, 0.3) is 0 Å². The second-order valence-corrected chi connectivity index (χ2v) is 16.8. The van der Waals surface area contributed by atoms with Crippen molar-refractivity contribution in [2.24, 2.45) is 45.0 Å². The van der Waals surface area contributed by atoms with E-state index in [1.165, 1.54) is 13.0 Å². The first kappa shape index (κ1) is 41.2.